The number of rotatable bonds is 3. The zero-order valence-corrected chi connectivity index (χ0v) is 11.4. The fourth-order valence-corrected chi connectivity index (χ4v) is 3.65. The van der Waals surface area contributed by atoms with Crippen LogP contribution in [0.25, 0.3) is 0 Å². The molecule has 0 radical (unpaired) electrons. The molecule has 1 aromatic heterocycles. The molecule has 1 heterocycles. The molecule has 0 saturated heterocycles. The molecule has 0 aliphatic rings. The lowest BCUT2D eigenvalue weighted by atomic mass is 9.98. The molecular formula is C9H16N2O3S2. The minimum absolute atomic E-state index is 0.0711. The Balaban J connectivity index is 2.95. The van der Waals surface area contributed by atoms with E-state index >= 15 is 0 Å². The summed E-state index contributed by atoms with van der Waals surface area (Å²) in [4.78, 5) is 13.1. The highest BCUT2D eigenvalue weighted by atomic mass is 32.2. The molecule has 0 spiro atoms. The number of aryl methyl sites for hydroxylation is 1. The van der Waals surface area contributed by atoms with Gasteiger partial charge in [-0.25, -0.2) is 13.1 Å². The molecule has 0 aromatic carbocycles. The molecule has 0 bridgehead atoms. The van der Waals surface area contributed by atoms with Crippen LogP contribution in [0.15, 0.2) is 9.00 Å². The topological polar surface area (TPSA) is 79.0 Å². The van der Waals surface area contributed by atoms with Crippen LogP contribution in [0.3, 0.4) is 0 Å². The Labute approximate surface area is 99.0 Å². The molecule has 2 N–H and O–H groups in total. The monoisotopic (exact) mass is 264 g/mol. The molecule has 1 aromatic rings. The summed E-state index contributed by atoms with van der Waals surface area (Å²) in [7, 11) is -3.57. The van der Waals surface area contributed by atoms with Crippen LogP contribution in [-0.2, 0) is 10.0 Å². The largest absolute Gasteiger partial charge is 0.315 e. The molecule has 0 saturated carbocycles. The number of sulfonamides is 1. The van der Waals surface area contributed by atoms with E-state index in [1.165, 1.54) is 0 Å². The van der Waals surface area contributed by atoms with Crippen LogP contribution in [0.4, 0.5) is 0 Å². The summed E-state index contributed by atoms with van der Waals surface area (Å²) in [5.74, 6) is 0. The highest BCUT2D eigenvalue weighted by Crippen LogP contribution is 2.17. The highest BCUT2D eigenvalue weighted by Gasteiger charge is 2.22. The van der Waals surface area contributed by atoms with Gasteiger partial charge in [0.25, 0.3) is 10.0 Å². The highest BCUT2D eigenvalue weighted by molar-refractivity contribution is 7.91. The molecule has 0 fully saturated rings. The van der Waals surface area contributed by atoms with Crippen LogP contribution >= 0.6 is 11.3 Å². The second-order valence-electron chi connectivity index (χ2n) is 4.81. The van der Waals surface area contributed by atoms with E-state index in [1.54, 1.807) is 6.92 Å². The number of hydrogen-bond acceptors (Lipinski definition) is 4. The van der Waals surface area contributed by atoms with E-state index in [2.05, 4.69) is 9.71 Å². The molecule has 92 valence electrons. The molecule has 0 aliphatic carbocycles. The predicted molar refractivity (Wildman–Crippen MR) is 64.3 cm³/mol. The maximum Gasteiger partial charge on any atom is 0.305 e. The van der Waals surface area contributed by atoms with Gasteiger partial charge >= 0.3 is 4.87 Å². The summed E-state index contributed by atoms with van der Waals surface area (Å²) >= 11 is 0.710. The first kappa shape index (κ1) is 13.4. The average molecular weight is 264 g/mol. The summed E-state index contributed by atoms with van der Waals surface area (Å²) < 4.78 is 26.3. The summed E-state index contributed by atoms with van der Waals surface area (Å²) in [5, 5.41) is 0. The summed E-state index contributed by atoms with van der Waals surface area (Å²) in [5.41, 5.74) is 0.249. The zero-order chi connectivity index (χ0) is 12.6. The van der Waals surface area contributed by atoms with Crippen LogP contribution in [0.2, 0.25) is 0 Å². The van der Waals surface area contributed by atoms with Crippen molar-refractivity contribution in [3.63, 3.8) is 0 Å². The van der Waals surface area contributed by atoms with E-state index in [9.17, 15) is 13.2 Å². The first-order chi connectivity index (χ1) is 7.12. The van der Waals surface area contributed by atoms with E-state index < -0.39 is 10.0 Å². The number of aromatic amines is 1. The Morgan fingerprint density at radius 2 is 1.94 bits per heavy atom. The molecule has 7 heteroatoms. The predicted octanol–water partition coefficient (Wildman–Crippen LogP) is 1.07. The van der Waals surface area contributed by atoms with Crippen molar-refractivity contribution < 1.29 is 8.42 Å². The van der Waals surface area contributed by atoms with Crippen LogP contribution in [0, 0.1) is 12.3 Å². The second kappa shape index (κ2) is 4.31. The lowest BCUT2D eigenvalue weighted by Crippen LogP contribution is -2.32. The maximum atomic E-state index is 11.9. The fourth-order valence-electron chi connectivity index (χ4n) is 1.02. The Morgan fingerprint density at radius 1 is 1.38 bits per heavy atom. The number of nitrogens with one attached hydrogen (secondary N) is 2. The molecule has 16 heavy (non-hydrogen) atoms. The van der Waals surface area contributed by atoms with Crippen molar-refractivity contribution in [3.8, 4) is 0 Å². The van der Waals surface area contributed by atoms with Crippen molar-refractivity contribution in [3.05, 3.63) is 15.4 Å². The molecule has 0 unspecified atom stereocenters. The van der Waals surface area contributed by atoms with Crippen LogP contribution in [-0.4, -0.2) is 19.9 Å². The molecule has 0 aliphatic heterocycles. The summed E-state index contributed by atoms with van der Waals surface area (Å²) in [6.45, 7) is 7.70. The van der Waals surface area contributed by atoms with Gasteiger partial charge in [-0.15, -0.1) is 0 Å². The van der Waals surface area contributed by atoms with Crippen molar-refractivity contribution in [1.82, 2.24) is 9.71 Å². The lowest BCUT2D eigenvalue weighted by Gasteiger charge is -2.18. The van der Waals surface area contributed by atoms with Crippen LogP contribution < -0.4 is 9.60 Å². The van der Waals surface area contributed by atoms with Gasteiger partial charge < -0.3 is 4.98 Å². The van der Waals surface area contributed by atoms with Gasteiger partial charge in [0.15, 0.2) is 4.21 Å². The van der Waals surface area contributed by atoms with Crippen molar-refractivity contribution in [2.45, 2.75) is 31.9 Å². The Bertz CT molecular complexity index is 520. The van der Waals surface area contributed by atoms with Gasteiger partial charge in [0.2, 0.25) is 0 Å². The van der Waals surface area contributed by atoms with E-state index in [0.29, 0.717) is 23.6 Å². The van der Waals surface area contributed by atoms with Gasteiger partial charge in [-0.1, -0.05) is 32.1 Å². The van der Waals surface area contributed by atoms with Gasteiger partial charge in [0.05, 0.1) is 0 Å². The Hall–Kier alpha value is -0.660. The minimum Gasteiger partial charge on any atom is -0.315 e. The lowest BCUT2D eigenvalue weighted by molar-refractivity contribution is 0.408. The number of thiazole rings is 1. The van der Waals surface area contributed by atoms with E-state index in [-0.39, 0.29) is 14.5 Å². The number of hydrogen-bond donors (Lipinski definition) is 2. The van der Waals surface area contributed by atoms with Crippen molar-refractivity contribution in [2.24, 2.45) is 5.41 Å². The Morgan fingerprint density at radius 3 is 2.31 bits per heavy atom. The molecule has 5 nitrogen and oxygen atoms in total. The van der Waals surface area contributed by atoms with Gasteiger partial charge in [0, 0.05) is 12.2 Å². The number of H-pyrrole nitrogens is 1. The quantitative estimate of drug-likeness (QED) is 0.857. The zero-order valence-electron chi connectivity index (χ0n) is 9.75. The third kappa shape index (κ3) is 3.43. The standard InChI is InChI=1S/C9H16N2O3S2/c1-6-7(15-8(12)11-6)16(13,14)10-5-9(2,3)4/h10H,5H2,1-4H3,(H,11,12). The maximum absolute atomic E-state index is 11.9. The van der Waals surface area contributed by atoms with Gasteiger partial charge in [0.1, 0.15) is 0 Å². The molecular weight excluding hydrogens is 248 g/mol. The van der Waals surface area contributed by atoms with E-state index in [4.69, 9.17) is 0 Å². The third-order valence-electron chi connectivity index (χ3n) is 1.82. The van der Waals surface area contributed by atoms with Crippen LogP contribution in [0.5, 0.6) is 0 Å². The Kier molecular flexibility index (Phi) is 3.61. The van der Waals surface area contributed by atoms with Crippen molar-refractivity contribution >= 4 is 21.4 Å². The molecule has 0 atom stereocenters. The van der Waals surface area contributed by atoms with E-state index in [0.717, 1.165) is 0 Å². The SMILES string of the molecule is Cc1[nH]c(=O)sc1S(=O)(=O)NCC(C)(C)C. The number of aromatic nitrogens is 1. The molecule has 0 amide bonds. The molecule has 1 rings (SSSR count). The first-order valence-corrected chi connectivity index (χ1v) is 7.11. The van der Waals surface area contributed by atoms with Crippen molar-refractivity contribution in [2.75, 3.05) is 6.54 Å². The summed E-state index contributed by atoms with van der Waals surface area (Å²) in [6, 6.07) is 0. The fraction of sp³-hybridized carbons (Fsp3) is 0.667. The second-order valence-corrected chi connectivity index (χ2v) is 7.76. The average Bonchev–Trinajstić information content (AvgIpc) is 2.42. The van der Waals surface area contributed by atoms with Gasteiger partial charge in [-0.2, -0.15) is 0 Å². The van der Waals surface area contributed by atoms with Gasteiger partial charge in [-0.05, 0) is 12.3 Å². The smallest absolute Gasteiger partial charge is 0.305 e. The normalized spacial score (nSPS) is 13.0. The first-order valence-electron chi connectivity index (χ1n) is 4.81. The van der Waals surface area contributed by atoms with Crippen LogP contribution in [0.1, 0.15) is 26.5 Å². The third-order valence-corrected chi connectivity index (χ3v) is 4.82. The minimum atomic E-state index is -3.57. The van der Waals surface area contributed by atoms with E-state index in [1.807, 2.05) is 20.8 Å². The summed E-state index contributed by atoms with van der Waals surface area (Å²) in [6.07, 6.45) is 0. The van der Waals surface area contributed by atoms with Gasteiger partial charge in [-0.3, -0.25) is 4.79 Å². The van der Waals surface area contributed by atoms with Crippen molar-refractivity contribution in [1.29, 1.82) is 0 Å².